The maximum Gasteiger partial charge on any atom is 0.109 e. The average molecular weight is 102 g/mol. The number of rotatable bonds is 1. The highest BCUT2D eigenvalue weighted by atomic mass is 16.6. The van der Waals surface area contributed by atoms with E-state index >= 15 is 0 Å². The van der Waals surface area contributed by atoms with Gasteiger partial charge in [-0.1, -0.05) is 0 Å². The minimum Gasteiger partial charge on any atom is -0.391 e. The van der Waals surface area contributed by atoms with Crippen molar-refractivity contribution in [1.82, 2.24) is 0 Å². The van der Waals surface area contributed by atoms with Gasteiger partial charge in [-0.05, 0) is 13.8 Å². The first-order valence-electron chi connectivity index (χ1n) is 2.55. The van der Waals surface area contributed by atoms with Crippen LogP contribution in [-0.2, 0) is 4.74 Å². The van der Waals surface area contributed by atoms with Crippen LogP contribution in [0.1, 0.15) is 13.8 Å². The molecule has 7 heavy (non-hydrogen) atoms. The Morgan fingerprint density at radius 3 is 2.14 bits per heavy atom. The Hall–Kier alpha value is -0.0800. The lowest BCUT2D eigenvalue weighted by Crippen LogP contribution is -2.09. The average Bonchev–Trinajstić information content (AvgIpc) is 2.17. The molecular formula is C5H10O2. The van der Waals surface area contributed by atoms with Gasteiger partial charge in [-0.25, -0.2) is 0 Å². The van der Waals surface area contributed by atoms with Gasteiger partial charge in [0.25, 0.3) is 0 Å². The minimum atomic E-state index is -0.282. The molecule has 1 rings (SSSR count). The van der Waals surface area contributed by atoms with Gasteiger partial charge in [-0.15, -0.1) is 0 Å². The topological polar surface area (TPSA) is 32.8 Å². The maximum absolute atomic E-state index is 8.74. The Balaban J connectivity index is 2.20. The molecule has 0 aromatic carbocycles. The lowest BCUT2D eigenvalue weighted by atomic mass is 10.2. The van der Waals surface area contributed by atoms with Crippen LogP contribution < -0.4 is 0 Å². The lowest BCUT2D eigenvalue weighted by Gasteiger charge is -1.92. The van der Waals surface area contributed by atoms with Crippen LogP contribution in [-0.4, -0.2) is 23.4 Å². The molecule has 0 amide bonds. The predicted molar refractivity (Wildman–Crippen MR) is 26.0 cm³/mol. The van der Waals surface area contributed by atoms with Crippen molar-refractivity contribution in [2.45, 2.75) is 32.2 Å². The SMILES string of the molecule is CC1OC1[C@@H](C)O. The van der Waals surface area contributed by atoms with Crippen molar-refractivity contribution in [3.8, 4) is 0 Å². The van der Waals surface area contributed by atoms with E-state index in [9.17, 15) is 0 Å². The molecule has 1 aliphatic heterocycles. The van der Waals surface area contributed by atoms with Crippen molar-refractivity contribution in [3.63, 3.8) is 0 Å². The van der Waals surface area contributed by atoms with Gasteiger partial charge in [-0.3, -0.25) is 0 Å². The summed E-state index contributed by atoms with van der Waals surface area (Å²) in [5.41, 5.74) is 0. The van der Waals surface area contributed by atoms with E-state index < -0.39 is 0 Å². The molecule has 0 bridgehead atoms. The molecule has 0 spiro atoms. The molecule has 1 saturated heterocycles. The minimum absolute atomic E-state index is 0.125. The fraction of sp³-hybridized carbons (Fsp3) is 1.00. The zero-order valence-corrected chi connectivity index (χ0v) is 4.59. The molecule has 3 atom stereocenters. The summed E-state index contributed by atoms with van der Waals surface area (Å²) in [4.78, 5) is 0. The van der Waals surface area contributed by atoms with Crippen molar-refractivity contribution >= 4 is 0 Å². The van der Waals surface area contributed by atoms with Gasteiger partial charge in [-0.2, -0.15) is 0 Å². The van der Waals surface area contributed by atoms with E-state index in [2.05, 4.69) is 0 Å². The van der Waals surface area contributed by atoms with Crippen LogP contribution in [0.15, 0.2) is 0 Å². The van der Waals surface area contributed by atoms with Crippen molar-refractivity contribution < 1.29 is 9.84 Å². The number of hydrogen-bond donors (Lipinski definition) is 1. The summed E-state index contributed by atoms with van der Waals surface area (Å²) in [6.45, 7) is 3.70. The Morgan fingerprint density at radius 2 is 2.14 bits per heavy atom. The second kappa shape index (κ2) is 1.46. The first-order valence-corrected chi connectivity index (χ1v) is 2.55. The molecule has 2 unspecified atom stereocenters. The molecule has 0 aromatic rings. The van der Waals surface area contributed by atoms with Crippen LogP contribution in [0.2, 0.25) is 0 Å². The third-order valence-electron chi connectivity index (χ3n) is 1.23. The van der Waals surface area contributed by atoms with Crippen LogP contribution in [0.3, 0.4) is 0 Å². The normalized spacial score (nSPS) is 43.3. The van der Waals surface area contributed by atoms with Gasteiger partial charge >= 0.3 is 0 Å². The molecule has 42 valence electrons. The quantitative estimate of drug-likeness (QED) is 0.478. The van der Waals surface area contributed by atoms with Gasteiger partial charge in [0, 0.05) is 0 Å². The monoisotopic (exact) mass is 102 g/mol. The third kappa shape index (κ3) is 0.924. The molecule has 0 aromatic heterocycles. The Labute approximate surface area is 43.1 Å². The lowest BCUT2D eigenvalue weighted by molar-refractivity contribution is 0.152. The van der Waals surface area contributed by atoms with Crippen molar-refractivity contribution in [1.29, 1.82) is 0 Å². The molecule has 1 N–H and O–H groups in total. The van der Waals surface area contributed by atoms with Crippen molar-refractivity contribution in [3.05, 3.63) is 0 Å². The van der Waals surface area contributed by atoms with Gasteiger partial charge in [0.2, 0.25) is 0 Å². The summed E-state index contributed by atoms with van der Waals surface area (Å²) in [5.74, 6) is 0. The zero-order valence-electron chi connectivity index (χ0n) is 4.59. The molecule has 0 saturated carbocycles. The van der Waals surface area contributed by atoms with Crippen LogP contribution in [0.25, 0.3) is 0 Å². The number of ether oxygens (including phenoxy) is 1. The van der Waals surface area contributed by atoms with Crippen LogP contribution in [0.5, 0.6) is 0 Å². The Morgan fingerprint density at radius 1 is 1.71 bits per heavy atom. The number of hydrogen-bond acceptors (Lipinski definition) is 2. The summed E-state index contributed by atoms with van der Waals surface area (Å²) in [7, 11) is 0. The van der Waals surface area contributed by atoms with E-state index in [-0.39, 0.29) is 12.2 Å². The van der Waals surface area contributed by atoms with E-state index in [0.717, 1.165) is 0 Å². The fourth-order valence-electron chi connectivity index (χ4n) is 0.708. The first-order chi connectivity index (χ1) is 3.22. The number of epoxide rings is 1. The Bertz CT molecular complexity index is 70.5. The smallest absolute Gasteiger partial charge is 0.109 e. The van der Waals surface area contributed by atoms with E-state index in [0.29, 0.717) is 6.10 Å². The first kappa shape index (κ1) is 5.06. The van der Waals surface area contributed by atoms with Gasteiger partial charge in [0.1, 0.15) is 6.10 Å². The largest absolute Gasteiger partial charge is 0.391 e. The van der Waals surface area contributed by atoms with Crippen molar-refractivity contribution in [2.24, 2.45) is 0 Å². The summed E-state index contributed by atoms with van der Waals surface area (Å²) < 4.78 is 4.93. The molecule has 1 heterocycles. The van der Waals surface area contributed by atoms with E-state index in [1.165, 1.54) is 0 Å². The maximum atomic E-state index is 8.74. The standard InChI is InChI=1S/C5H10O2/c1-3(6)5-4(2)7-5/h3-6H,1-2H3/t3-,4?,5?/m1/s1. The summed E-state index contributed by atoms with van der Waals surface area (Å²) in [6, 6.07) is 0. The molecular weight excluding hydrogens is 92.1 g/mol. The molecule has 0 radical (unpaired) electrons. The van der Waals surface area contributed by atoms with Gasteiger partial charge in [0.05, 0.1) is 12.2 Å². The van der Waals surface area contributed by atoms with E-state index in [4.69, 9.17) is 9.84 Å². The summed E-state index contributed by atoms with van der Waals surface area (Å²) in [5, 5.41) is 8.74. The fourth-order valence-corrected chi connectivity index (χ4v) is 0.708. The molecule has 1 fully saturated rings. The van der Waals surface area contributed by atoms with E-state index in [1.807, 2.05) is 6.92 Å². The summed E-state index contributed by atoms with van der Waals surface area (Å²) in [6.07, 6.45) is 0.134. The van der Waals surface area contributed by atoms with Crippen LogP contribution >= 0.6 is 0 Å². The Kier molecular flexibility index (Phi) is 1.05. The highest BCUT2D eigenvalue weighted by molar-refractivity contribution is 4.84. The predicted octanol–water partition coefficient (Wildman–Crippen LogP) is 0.154. The van der Waals surface area contributed by atoms with Gasteiger partial charge in [0.15, 0.2) is 0 Å². The molecule has 1 aliphatic rings. The summed E-state index contributed by atoms with van der Waals surface area (Å²) >= 11 is 0. The van der Waals surface area contributed by atoms with Crippen molar-refractivity contribution in [2.75, 3.05) is 0 Å². The second-order valence-electron chi connectivity index (χ2n) is 2.05. The number of aliphatic hydroxyl groups is 1. The van der Waals surface area contributed by atoms with E-state index in [1.54, 1.807) is 6.92 Å². The third-order valence-corrected chi connectivity index (χ3v) is 1.23. The van der Waals surface area contributed by atoms with Crippen LogP contribution in [0.4, 0.5) is 0 Å². The van der Waals surface area contributed by atoms with Crippen LogP contribution in [0, 0.1) is 0 Å². The second-order valence-corrected chi connectivity index (χ2v) is 2.05. The zero-order chi connectivity index (χ0) is 5.44. The van der Waals surface area contributed by atoms with Gasteiger partial charge < -0.3 is 9.84 Å². The molecule has 0 aliphatic carbocycles. The highest BCUT2D eigenvalue weighted by Gasteiger charge is 2.37. The molecule has 2 heteroatoms. The molecule has 2 nitrogen and oxygen atoms in total. The highest BCUT2D eigenvalue weighted by Crippen LogP contribution is 2.23. The number of aliphatic hydroxyl groups excluding tert-OH is 1.